The van der Waals surface area contributed by atoms with Crippen molar-refractivity contribution >= 4 is 24.5 Å². The van der Waals surface area contributed by atoms with Crippen molar-refractivity contribution in [1.82, 2.24) is 10.1 Å². The zero-order valence-corrected chi connectivity index (χ0v) is 22.5. The van der Waals surface area contributed by atoms with Crippen LogP contribution in [-0.4, -0.2) is 47.9 Å². The lowest BCUT2D eigenvalue weighted by atomic mass is 9.97. The minimum Gasteiger partial charge on any atom is -0.464 e. The highest BCUT2D eigenvalue weighted by Crippen LogP contribution is 2.49. The van der Waals surface area contributed by atoms with E-state index in [2.05, 4.69) is 42.9 Å². The first-order valence-electron chi connectivity index (χ1n) is 12.7. The molecule has 6 nitrogen and oxygen atoms in total. The van der Waals surface area contributed by atoms with E-state index in [1.165, 1.54) is 18.4 Å². The second-order valence-electron chi connectivity index (χ2n) is 9.59. The highest BCUT2D eigenvalue weighted by Gasteiger charge is 2.49. The Balaban J connectivity index is 0.000000342. The molecule has 0 unspecified atom stereocenters. The molecule has 2 fully saturated rings. The Kier molecular flexibility index (Phi) is 10.4. The van der Waals surface area contributed by atoms with Gasteiger partial charge in [-0.3, -0.25) is 9.59 Å². The second-order valence-corrected chi connectivity index (χ2v) is 9.59. The molecule has 5 rings (SSSR count). The number of nitrogens with zero attached hydrogens (tertiary/aromatic N) is 2. The molecule has 2 heterocycles. The average molecular weight is 511 g/mol. The van der Waals surface area contributed by atoms with E-state index in [1.807, 2.05) is 36.4 Å². The fourth-order valence-electron chi connectivity index (χ4n) is 4.36. The first-order chi connectivity index (χ1) is 17.5. The van der Waals surface area contributed by atoms with Crippen molar-refractivity contribution in [2.24, 2.45) is 5.92 Å². The van der Waals surface area contributed by atoms with Crippen LogP contribution in [0.15, 0.2) is 64.7 Å². The summed E-state index contributed by atoms with van der Waals surface area (Å²) < 4.78 is 11.2. The fraction of sp³-hybridized carbons (Fsp3) is 0.483. The van der Waals surface area contributed by atoms with Crippen molar-refractivity contribution in [3.05, 3.63) is 66.0 Å². The summed E-state index contributed by atoms with van der Waals surface area (Å²) in [5.74, 6) is 0.581. The molecular weight excluding hydrogens is 472 g/mol. The molecule has 0 radical (unpaired) electrons. The monoisotopic (exact) mass is 510 g/mol. The molecule has 0 N–H and O–H groups in total. The number of piperidine rings is 1. The highest BCUT2D eigenvalue weighted by atomic mass is 32.1. The summed E-state index contributed by atoms with van der Waals surface area (Å²) >= 11 is 3.53. The third-order valence-corrected chi connectivity index (χ3v) is 6.94. The van der Waals surface area contributed by atoms with E-state index in [0.717, 1.165) is 29.9 Å². The molecule has 1 amide bonds. The first-order valence-corrected chi connectivity index (χ1v) is 13.6. The van der Waals surface area contributed by atoms with Gasteiger partial charge in [0.1, 0.15) is 18.1 Å². The topological polar surface area (TPSA) is 72.6 Å². The molecule has 1 saturated carbocycles. The summed E-state index contributed by atoms with van der Waals surface area (Å²) in [5.41, 5.74) is 3.09. The summed E-state index contributed by atoms with van der Waals surface area (Å²) in [6.07, 6.45) is 13.9. The largest absolute Gasteiger partial charge is 0.464 e. The Morgan fingerprint density at radius 1 is 1.17 bits per heavy atom. The van der Waals surface area contributed by atoms with Crippen LogP contribution in [-0.2, 0) is 19.7 Å². The van der Waals surface area contributed by atoms with Gasteiger partial charge in [0, 0.05) is 31.6 Å². The smallest absolute Gasteiger partial charge is 0.309 e. The van der Waals surface area contributed by atoms with Crippen LogP contribution in [0.5, 0.6) is 0 Å². The van der Waals surface area contributed by atoms with Crippen molar-refractivity contribution in [3.63, 3.8) is 0 Å². The van der Waals surface area contributed by atoms with E-state index in [4.69, 9.17) is 9.26 Å². The zero-order chi connectivity index (χ0) is 26.0. The van der Waals surface area contributed by atoms with Gasteiger partial charge in [0.25, 0.3) is 0 Å². The van der Waals surface area contributed by atoms with Crippen LogP contribution in [0.2, 0.25) is 0 Å². The number of thiol groups is 1. The third-order valence-electron chi connectivity index (χ3n) is 6.94. The number of benzene rings is 1. The van der Waals surface area contributed by atoms with Crippen molar-refractivity contribution in [2.45, 2.75) is 57.8 Å². The molecule has 3 aliphatic rings. The van der Waals surface area contributed by atoms with Gasteiger partial charge in [0.2, 0.25) is 5.91 Å². The number of likely N-dealkylation sites (tertiary alicyclic amines) is 1. The van der Waals surface area contributed by atoms with Crippen molar-refractivity contribution in [2.75, 3.05) is 26.0 Å². The number of hydrogen-bond acceptors (Lipinski definition) is 6. The number of carbonyl (C=O) groups is 2. The zero-order valence-electron chi connectivity index (χ0n) is 21.6. The minimum absolute atomic E-state index is 0.0679. The lowest BCUT2D eigenvalue weighted by molar-refractivity contribution is -0.152. The van der Waals surface area contributed by atoms with Crippen molar-refractivity contribution in [1.29, 1.82) is 0 Å². The van der Waals surface area contributed by atoms with Gasteiger partial charge in [-0.1, -0.05) is 59.3 Å². The molecule has 0 bridgehead atoms. The van der Waals surface area contributed by atoms with Gasteiger partial charge >= 0.3 is 5.97 Å². The number of carbonyl (C=O) groups excluding carboxylic acids is 2. The lowest BCUT2D eigenvalue weighted by Crippen LogP contribution is -2.39. The Hall–Kier alpha value is -2.80. The quantitative estimate of drug-likeness (QED) is 0.394. The maximum absolute atomic E-state index is 12.4. The van der Waals surface area contributed by atoms with Crippen molar-refractivity contribution < 1.29 is 18.8 Å². The summed E-state index contributed by atoms with van der Waals surface area (Å²) in [7, 11) is 0. The molecule has 194 valence electrons. The summed E-state index contributed by atoms with van der Waals surface area (Å²) in [5, 5.41) is 4.18. The number of amides is 1. The van der Waals surface area contributed by atoms with Crippen molar-refractivity contribution in [3.8, 4) is 11.3 Å². The van der Waals surface area contributed by atoms with Crippen LogP contribution < -0.4 is 0 Å². The maximum Gasteiger partial charge on any atom is 0.309 e. The molecule has 36 heavy (non-hydrogen) atoms. The molecule has 0 atom stereocenters. The van der Waals surface area contributed by atoms with Gasteiger partial charge in [-0.05, 0) is 51.7 Å². The molecule has 2 aliphatic carbocycles. The molecule has 1 aromatic carbocycles. The Bertz CT molecular complexity index is 1050. The predicted molar refractivity (Wildman–Crippen MR) is 146 cm³/mol. The van der Waals surface area contributed by atoms with Crippen LogP contribution in [0, 0.1) is 5.92 Å². The molecule has 7 heteroatoms. The number of allylic oxidation sites excluding steroid dienone is 4. The van der Waals surface area contributed by atoms with Gasteiger partial charge in [-0.25, -0.2) is 0 Å². The number of hydrogen-bond donors (Lipinski definition) is 1. The molecule has 1 aliphatic heterocycles. The van der Waals surface area contributed by atoms with E-state index in [0.29, 0.717) is 32.5 Å². The first kappa shape index (κ1) is 27.8. The standard InChI is InChI=1S/C21H24N2O4.C7H10.CH4S/c1-15(24)23-11-7-17(8-12-23)20(25)26-14-21(9-10-21)19-13-18(22-27-19)16-5-3-2-4-6-16;1-7-5-3-2-4-6-7;1-2/h2-6,13,17H,7-12,14H2,1H3;2-3,5H,4,6H2,1H3;2H,1H3. The molecular formula is C29H38N2O4S. The van der Waals surface area contributed by atoms with Gasteiger partial charge in [0.05, 0.1) is 11.3 Å². The summed E-state index contributed by atoms with van der Waals surface area (Å²) in [4.78, 5) is 25.6. The van der Waals surface area contributed by atoms with E-state index in [9.17, 15) is 9.59 Å². The maximum atomic E-state index is 12.4. The van der Waals surface area contributed by atoms with Crippen LogP contribution in [0.1, 0.15) is 58.1 Å². The number of rotatable bonds is 5. The Morgan fingerprint density at radius 2 is 1.86 bits per heavy atom. The summed E-state index contributed by atoms with van der Waals surface area (Å²) in [6, 6.07) is 11.9. The van der Waals surface area contributed by atoms with Crippen LogP contribution >= 0.6 is 12.6 Å². The number of esters is 1. The van der Waals surface area contributed by atoms with Crippen LogP contribution in [0.25, 0.3) is 11.3 Å². The average Bonchev–Trinajstić information content (AvgIpc) is 3.55. The minimum atomic E-state index is -0.226. The van der Waals surface area contributed by atoms with Gasteiger partial charge < -0.3 is 14.2 Å². The van der Waals surface area contributed by atoms with Crippen LogP contribution in [0.4, 0.5) is 0 Å². The summed E-state index contributed by atoms with van der Waals surface area (Å²) in [6.45, 7) is 5.33. The predicted octanol–water partition coefficient (Wildman–Crippen LogP) is 6.00. The van der Waals surface area contributed by atoms with Crippen LogP contribution in [0.3, 0.4) is 0 Å². The number of aromatic nitrogens is 1. The number of ether oxygens (including phenoxy) is 1. The van der Waals surface area contributed by atoms with E-state index < -0.39 is 0 Å². The van der Waals surface area contributed by atoms with Gasteiger partial charge in [0.15, 0.2) is 0 Å². The lowest BCUT2D eigenvalue weighted by Gasteiger charge is -2.30. The van der Waals surface area contributed by atoms with E-state index >= 15 is 0 Å². The Labute approximate surface area is 220 Å². The van der Waals surface area contributed by atoms with Gasteiger partial charge in [-0.2, -0.15) is 12.6 Å². The third kappa shape index (κ3) is 7.60. The fourth-order valence-corrected chi connectivity index (χ4v) is 4.36. The molecule has 2 aromatic rings. The molecule has 1 saturated heterocycles. The normalized spacial score (nSPS) is 18.1. The molecule has 0 spiro atoms. The van der Waals surface area contributed by atoms with Gasteiger partial charge in [-0.15, -0.1) is 0 Å². The highest BCUT2D eigenvalue weighted by molar-refractivity contribution is 7.79. The Morgan fingerprint density at radius 3 is 2.39 bits per heavy atom. The second kappa shape index (κ2) is 13.5. The SMILES string of the molecule is CC(=O)N1CCC(C(=O)OCC2(c3cc(-c4ccccc4)no3)CC2)CC1.CC1=CC=CCC1.CS. The van der Waals surface area contributed by atoms with E-state index in [1.54, 1.807) is 18.1 Å². The molecule has 1 aromatic heterocycles. The van der Waals surface area contributed by atoms with E-state index in [-0.39, 0.29) is 23.2 Å².